The second kappa shape index (κ2) is 11.6. The molecule has 2 aromatic carbocycles. The Labute approximate surface area is 256 Å². The first-order valence-corrected chi connectivity index (χ1v) is 14.8. The number of likely N-dealkylation sites (N-methyl/N-ethyl adjacent to an activating group) is 1. The van der Waals surface area contributed by atoms with Crippen LogP contribution in [0.5, 0.6) is 11.5 Å². The number of hydrogen-bond acceptors (Lipinski definition) is 10. The van der Waals surface area contributed by atoms with E-state index in [9.17, 15) is 35.1 Å². The molecule has 0 aliphatic heterocycles. The number of phenolic OH excluding ortho intramolecular Hbond substituents is 1. The van der Waals surface area contributed by atoms with E-state index in [-0.39, 0.29) is 29.7 Å². The summed E-state index contributed by atoms with van der Waals surface area (Å²) in [5, 5.41) is 56.0. The predicted molar refractivity (Wildman–Crippen MR) is 163 cm³/mol. The molecule has 2 aromatic rings. The van der Waals surface area contributed by atoms with Gasteiger partial charge >= 0.3 is 0 Å². The van der Waals surface area contributed by atoms with E-state index in [0.29, 0.717) is 16.9 Å². The first-order valence-electron chi connectivity index (χ1n) is 14.8. The molecule has 1 amide bonds. The molecule has 7 N–H and O–H groups in total. The number of amides is 1. The fraction of sp³-hybridized carbons (Fsp3) is 0.455. The molecule has 44 heavy (non-hydrogen) atoms. The van der Waals surface area contributed by atoms with Crippen LogP contribution in [0.3, 0.4) is 0 Å². The number of carbonyl (C=O) groups excluding carboxylic acids is 2. The van der Waals surface area contributed by atoms with Gasteiger partial charge in [-0.3, -0.25) is 19.4 Å². The molecule has 0 heterocycles. The van der Waals surface area contributed by atoms with Crippen LogP contribution < -0.4 is 10.5 Å². The Hall–Kier alpha value is -3.90. The van der Waals surface area contributed by atoms with Crippen molar-refractivity contribution in [1.29, 1.82) is 0 Å². The molecule has 0 saturated carbocycles. The van der Waals surface area contributed by atoms with Crippen LogP contribution in [-0.4, -0.2) is 93.1 Å². The zero-order chi connectivity index (χ0) is 32.2. The number of allylic oxidation sites excluding steroid dienone is 1. The highest BCUT2D eigenvalue weighted by atomic mass is 16.5. The number of hydrogen-bond donors (Lipinski definition) is 6. The Bertz CT molecular complexity index is 1570. The molecular formula is C33H41N3O8. The lowest BCUT2D eigenvalue weighted by molar-refractivity contribution is -0.200. The van der Waals surface area contributed by atoms with E-state index in [0.717, 1.165) is 30.8 Å². The predicted octanol–water partition coefficient (Wildman–Crippen LogP) is 2.63. The van der Waals surface area contributed by atoms with Crippen molar-refractivity contribution in [3.63, 3.8) is 0 Å². The molecule has 0 spiro atoms. The van der Waals surface area contributed by atoms with Crippen LogP contribution >= 0.6 is 0 Å². The summed E-state index contributed by atoms with van der Waals surface area (Å²) in [5.74, 6) is -8.65. The van der Waals surface area contributed by atoms with Crippen molar-refractivity contribution in [3.05, 3.63) is 69.7 Å². The summed E-state index contributed by atoms with van der Waals surface area (Å²) in [6.07, 6.45) is 0.416. The van der Waals surface area contributed by atoms with Gasteiger partial charge in [-0.15, -0.1) is 0 Å². The summed E-state index contributed by atoms with van der Waals surface area (Å²) in [5.41, 5.74) is 7.69. The van der Waals surface area contributed by atoms with Gasteiger partial charge in [-0.1, -0.05) is 26.0 Å². The third kappa shape index (κ3) is 4.84. The topological polar surface area (TPSA) is 177 Å². The molecule has 0 radical (unpaired) electrons. The molecule has 0 saturated heterocycles. The van der Waals surface area contributed by atoms with Gasteiger partial charge in [0, 0.05) is 17.7 Å². The molecular weight excluding hydrogens is 566 g/mol. The number of aliphatic hydroxyl groups excluding tert-OH is 2. The quantitative estimate of drug-likeness (QED) is 0.245. The van der Waals surface area contributed by atoms with Crippen LogP contribution in [0.1, 0.15) is 41.8 Å². The Morgan fingerprint density at radius 1 is 1.05 bits per heavy atom. The van der Waals surface area contributed by atoms with Crippen LogP contribution in [0.4, 0.5) is 0 Å². The van der Waals surface area contributed by atoms with E-state index in [1.54, 1.807) is 32.2 Å². The van der Waals surface area contributed by atoms with Gasteiger partial charge in [0.15, 0.2) is 5.78 Å². The normalized spacial score (nSPS) is 24.3. The number of nitrogens with zero attached hydrogens (tertiary/aromatic N) is 2. The van der Waals surface area contributed by atoms with E-state index in [1.165, 1.54) is 6.07 Å². The van der Waals surface area contributed by atoms with Gasteiger partial charge in [0.2, 0.25) is 5.79 Å². The number of fused-ring (bicyclic) bond motifs is 3. The summed E-state index contributed by atoms with van der Waals surface area (Å²) in [7, 11) is 4.88. The summed E-state index contributed by atoms with van der Waals surface area (Å²) in [4.78, 5) is 30.3. The van der Waals surface area contributed by atoms with E-state index in [1.807, 2.05) is 18.2 Å². The number of aliphatic hydroxyl groups is 4. The summed E-state index contributed by atoms with van der Waals surface area (Å²) in [6, 6.07) is 8.21. The molecule has 0 fully saturated rings. The number of methoxy groups -OCH3 is 1. The summed E-state index contributed by atoms with van der Waals surface area (Å²) < 4.78 is 5.72. The van der Waals surface area contributed by atoms with Gasteiger partial charge in [-0.25, -0.2) is 0 Å². The average molecular weight is 608 g/mol. The molecule has 4 atom stereocenters. The minimum absolute atomic E-state index is 0.0184. The second-order valence-corrected chi connectivity index (χ2v) is 12.1. The lowest BCUT2D eigenvalue weighted by Gasteiger charge is -2.51. The van der Waals surface area contributed by atoms with Crippen molar-refractivity contribution >= 4 is 11.7 Å². The Morgan fingerprint density at radius 2 is 1.73 bits per heavy atom. The monoisotopic (exact) mass is 607 g/mol. The average Bonchev–Trinajstić information content (AvgIpc) is 2.94. The maximum atomic E-state index is 14.1. The van der Waals surface area contributed by atoms with Gasteiger partial charge in [-0.05, 0) is 86.8 Å². The van der Waals surface area contributed by atoms with Crippen molar-refractivity contribution in [2.75, 3.05) is 34.3 Å². The number of primary amides is 1. The van der Waals surface area contributed by atoms with Crippen molar-refractivity contribution in [3.8, 4) is 22.6 Å². The van der Waals surface area contributed by atoms with Crippen LogP contribution in [-0.2, 0) is 17.8 Å². The van der Waals surface area contributed by atoms with Crippen molar-refractivity contribution in [2.45, 2.75) is 45.1 Å². The minimum Gasteiger partial charge on any atom is -0.511 e. The zero-order valence-corrected chi connectivity index (χ0v) is 25.7. The highest BCUT2D eigenvalue weighted by Gasteiger charge is 2.60. The molecule has 3 aliphatic rings. The van der Waals surface area contributed by atoms with Gasteiger partial charge in [-0.2, -0.15) is 0 Å². The number of phenols is 1. The zero-order valence-electron chi connectivity index (χ0n) is 25.7. The first kappa shape index (κ1) is 31.5. The number of aromatic hydroxyl groups is 1. The molecule has 0 bridgehead atoms. The number of nitrogens with two attached hydrogens (primary N) is 1. The Kier molecular flexibility index (Phi) is 8.27. The van der Waals surface area contributed by atoms with Gasteiger partial charge < -0.3 is 36.0 Å². The van der Waals surface area contributed by atoms with Crippen molar-refractivity contribution < 1.29 is 39.9 Å². The summed E-state index contributed by atoms with van der Waals surface area (Å²) in [6.45, 7) is 6.67. The van der Waals surface area contributed by atoms with E-state index in [4.69, 9.17) is 10.5 Å². The fourth-order valence-corrected chi connectivity index (χ4v) is 7.58. The van der Waals surface area contributed by atoms with E-state index in [2.05, 4.69) is 18.7 Å². The van der Waals surface area contributed by atoms with Crippen LogP contribution in [0, 0.1) is 17.8 Å². The van der Waals surface area contributed by atoms with Gasteiger partial charge in [0.05, 0.1) is 24.6 Å². The van der Waals surface area contributed by atoms with Gasteiger partial charge in [0.25, 0.3) is 5.91 Å². The van der Waals surface area contributed by atoms with Crippen molar-refractivity contribution in [2.24, 2.45) is 23.5 Å². The van der Waals surface area contributed by atoms with Crippen LogP contribution in [0.2, 0.25) is 0 Å². The maximum absolute atomic E-state index is 14.1. The second-order valence-electron chi connectivity index (χ2n) is 12.1. The third-order valence-electron chi connectivity index (χ3n) is 9.58. The molecule has 236 valence electrons. The first-order chi connectivity index (χ1) is 20.8. The number of rotatable bonds is 8. The van der Waals surface area contributed by atoms with E-state index >= 15 is 0 Å². The van der Waals surface area contributed by atoms with Gasteiger partial charge in [0.1, 0.15) is 28.6 Å². The van der Waals surface area contributed by atoms with Crippen LogP contribution in [0.25, 0.3) is 11.1 Å². The standard InChI is InChI=1S/C33H41N3O8/c1-6-36(7-2)15-16-8-11-23(44-5)19(12-16)18-9-10-22(37)25-20(18)13-17-14-21-26(30(39)24(17)29(25)38)33(42,43)27(32(34)41)31(40)28(21)35(3)4/h8-12,17,21,26,28,37,39-40,42-43H,6-7,13-15H2,1-5H3,(H2,34,41). The number of Topliss-reactive ketones (excluding diaryl/α,β-unsaturated/α-hetero) is 1. The molecule has 5 rings (SSSR count). The summed E-state index contributed by atoms with van der Waals surface area (Å²) >= 11 is 0. The number of benzene rings is 2. The minimum atomic E-state index is -3.03. The Morgan fingerprint density at radius 3 is 2.32 bits per heavy atom. The molecule has 4 unspecified atom stereocenters. The van der Waals surface area contributed by atoms with Crippen LogP contribution in [0.15, 0.2) is 53.0 Å². The lowest BCUT2D eigenvalue weighted by Crippen LogP contribution is -2.60. The highest BCUT2D eigenvalue weighted by molar-refractivity contribution is 6.14. The van der Waals surface area contributed by atoms with Crippen molar-refractivity contribution in [1.82, 2.24) is 9.80 Å². The number of ketones is 1. The molecule has 3 aliphatic carbocycles. The largest absolute Gasteiger partial charge is 0.511 e. The molecule has 11 nitrogen and oxygen atoms in total. The number of carbonyl (C=O) groups is 2. The molecule has 11 heteroatoms. The maximum Gasteiger partial charge on any atom is 0.253 e. The SMILES string of the molecule is CCN(CC)Cc1ccc(OC)c(-c2ccc(O)c3c2CC2CC4C(N(C)C)C(O)=C(C(N)=O)C(O)(O)C4C(O)=C2C3=O)c1. The van der Waals surface area contributed by atoms with E-state index < -0.39 is 58.4 Å². The fourth-order valence-electron chi connectivity index (χ4n) is 7.58. The number of ether oxygens (including phenoxy) is 1. The molecule has 0 aromatic heterocycles. The smallest absolute Gasteiger partial charge is 0.253 e. The lowest BCUT2D eigenvalue weighted by atomic mass is 9.59. The third-order valence-corrected chi connectivity index (χ3v) is 9.58. The Balaban J connectivity index is 1.68. The highest BCUT2D eigenvalue weighted by Crippen LogP contribution is 2.55.